The van der Waals surface area contributed by atoms with Gasteiger partial charge in [-0.05, 0) is 56.7 Å². The van der Waals surface area contributed by atoms with Gasteiger partial charge in [-0.15, -0.1) is 0 Å². The predicted octanol–water partition coefficient (Wildman–Crippen LogP) is 4.84. The van der Waals surface area contributed by atoms with Gasteiger partial charge in [-0.1, -0.05) is 6.07 Å². The number of aliphatic hydroxyl groups excluding tert-OH is 1. The number of aryl methyl sites for hydroxylation is 1. The molecule has 2 N–H and O–H groups in total. The third kappa shape index (κ3) is 4.68. The van der Waals surface area contributed by atoms with E-state index in [9.17, 15) is 18.7 Å². The van der Waals surface area contributed by atoms with Crippen LogP contribution in [0.4, 0.5) is 14.5 Å². The molecule has 1 amide bonds. The van der Waals surface area contributed by atoms with E-state index in [0.29, 0.717) is 17.4 Å². The van der Waals surface area contributed by atoms with Crippen LogP contribution in [0.25, 0.3) is 10.9 Å². The highest BCUT2D eigenvalue weighted by Crippen LogP contribution is 2.37. The van der Waals surface area contributed by atoms with Crippen LogP contribution >= 0.6 is 0 Å². The van der Waals surface area contributed by atoms with E-state index in [1.165, 1.54) is 25.3 Å². The van der Waals surface area contributed by atoms with Crippen LogP contribution in [-0.4, -0.2) is 39.5 Å². The quantitative estimate of drug-likeness (QED) is 0.552. The second-order valence-corrected chi connectivity index (χ2v) is 8.74. The third-order valence-electron chi connectivity index (χ3n) is 6.33. The number of anilines is 1. The van der Waals surface area contributed by atoms with Gasteiger partial charge >= 0.3 is 0 Å². The number of alkyl halides is 2. The maximum absolute atomic E-state index is 13.6. The molecule has 0 bridgehead atoms. The van der Waals surface area contributed by atoms with E-state index in [-0.39, 0.29) is 18.3 Å². The van der Waals surface area contributed by atoms with Crippen molar-refractivity contribution in [1.82, 2.24) is 14.8 Å². The van der Waals surface area contributed by atoms with Gasteiger partial charge in [-0.25, -0.2) is 4.98 Å². The number of benzene rings is 1. The highest BCUT2D eigenvalue weighted by Gasteiger charge is 2.27. The van der Waals surface area contributed by atoms with Crippen molar-refractivity contribution in [3.63, 3.8) is 0 Å². The fraction of sp³-hybridized carbons (Fsp3) is 0.458. The Labute approximate surface area is 190 Å². The summed E-state index contributed by atoms with van der Waals surface area (Å²) in [6, 6.07) is 6.00. The van der Waals surface area contributed by atoms with Crippen LogP contribution in [0.15, 0.2) is 30.5 Å². The number of carbonyl (C=O) groups is 1. The summed E-state index contributed by atoms with van der Waals surface area (Å²) >= 11 is 0. The van der Waals surface area contributed by atoms with E-state index in [2.05, 4.69) is 10.3 Å². The molecule has 3 aromatic rings. The van der Waals surface area contributed by atoms with E-state index in [0.717, 1.165) is 49.1 Å². The van der Waals surface area contributed by atoms with Gasteiger partial charge in [-0.3, -0.25) is 9.48 Å². The van der Waals surface area contributed by atoms with Crippen molar-refractivity contribution in [2.75, 3.05) is 19.0 Å². The molecule has 2 aromatic heterocycles. The molecule has 176 valence electrons. The van der Waals surface area contributed by atoms with E-state index in [1.807, 2.05) is 17.8 Å². The zero-order chi connectivity index (χ0) is 23.8. The molecule has 0 radical (unpaired) electrons. The van der Waals surface area contributed by atoms with E-state index in [1.54, 1.807) is 6.07 Å². The zero-order valence-corrected chi connectivity index (χ0v) is 18.9. The molecule has 4 rings (SSSR count). The van der Waals surface area contributed by atoms with Gasteiger partial charge in [0.1, 0.15) is 17.1 Å². The van der Waals surface area contributed by atoms with Gasteiger partial charge in [0.25, 0.3) is 11.8 Å². The maximum atomic E-state index is 13.6. The monoisotopic (exact) mass is 458 g/mol. The van der Waals surface area contributed by atoms with Crippen molar-refractivity contribution < 1.29 is 23.4 Å². The molecule has 0 atom stereocenters. The molecule has 0 spiro atoms. The van der Waals surface area contributed by atoms with E-state index in [4.69, 9.17) is 9.84 Å². The highest BCUT2D eigenvalue weighted by molar-refractivity contribution is 6.05. The average molecular weight is 459 g/mol. The lowest BCUT2D eigenvalue weighted by Gasteiger charge is -2.27. The molecule has 0 unspecified atom stereocenters. The summed E-state index contributed by atoms with van der Waals surface area (Å²) in [6.45, 7) is 2.83. The summed E-state index contributed by atoms with van der Waals surface area (Å²) in [6.07, 6.45) is 5.78. The Morgan fingerprint density at radius 1 is 1.30 bits per heavy atom. The lowest BCUT2D eigenvalue weighted by molar-refractivity contribution is 0.0126. The first kappa shape index (κ1) is 23.1. The minimum absolute atomic E-state index is 0.106. The summed E-state index contributed by atoms with van der Waals surface area (Å²) in [5.74, 6) is -2.93. The topological polar surface area (TPSA) is 89.3 Å². The smallest absolute Gasteiger partial charge is 0.287 e. The molecular formula is C24H28F2N4O3. The number of fused-ring (bicyclic) bond motifs is 1. The summed E-state index contributed by atoms with van der Waals surface area (Å²) < 4.78 is 34.8. The molecule has 1 aliphatic carbocycles. The number of pyridine rings is 1. The number of hydrogen-bond acceptors (Lipinski definition) is 5. The summed E-state index contributed by atoms with van der Waals surface area (Å²) in [7, 11) is 1.51. The fourth-order valence-electron chi connectivity index (χ4n) is 4.46. The van der Waals surface area contributed by atoms with Crippen molar-refractivity contribution in [3.8, 4) is 5.75 Å². The number of nitrogens with zero attached hydrogens (tertiary/aromatic N) is 3. The van der Waals surface area contributed by atoms with Gasteiger partial charge in [0.15, 0.2) is 0 Å². The number of amides is 1. The molecule has 0 aliphatic heterocycles. The number of aliphatic hydroxyl groups is 1. The normalized spacial score (nSPS) is 19.0. The van der Waals surface area contributed by atoms with Crippen LogP contribution in [0.1, 0.15) is 60.4 Å². The molecule has 9 heteroatoms. The third-order valence-corrected chi connectivity index (χ3v) is 6.33. The minimum Gasteiger partial charge on any atom is -0.494 e. The first-order chi connectivity index (χ1) is 15.7. The van der Waals surface area contributed by atoms with Crippen LogP contribution < -0.4 is 10.1 Å². The van der Waals surface area contributed by atoms with Crippen molar-refractivity contribution >= 4 is 22.5 Å². The average Bonchev–Trinajstić information content (AvgIpc) is 3.23. The number of aromatic nitrogens is 3. The van der Waals surface area contributed by atoms with E-state index >= 15 is 0 Å². The minimum atomic E-state index is -3.14. The Hall–Kier alpha value is -3.07. The second-order valence-electron chi connectivity index (χ2n) is 8.74. The predicted molar refractivity (Wildman–Crippen MR) is 121 cm³/mol. The summed E-state index contributed by atoms with van der Waals surface area (Å²) in [4.78, 5) is 16.6. The van der Waals surface area contributed by atoms with Gasteiger partial charge in [0.2, 0.25) is 0 Å². The number of nitrogens with one attached hydrogen (secondary N) is 1. The van der Waals surface area contributed by atoms with Crippen molar-refractivity contribution in [2.24, 2.45) is 5.92 Å². The fourth-order valence-corrected chi connectivity index (χ4v) is 4.46. The molecule has 1 fully saturated rings. The molecule has 33 heavy (non-hydrogen) atoms. The lowest BCUT2D eigenvalue weighted by Crippen LogP contribution is -2.20. The second kappa shape index (κ2) is 9.05. The van der Waals surface area contributed by atoms with Crippen molar-refractivity contribution in [2.45, 2.75) is 51.5 Å². The molecule has 1 aliphatic rings. The number of ether oxygens (including phenoxy) is 1. The molecule has 7 nitrogen and oxygen atoms in total. The lowest BCUT2D eigenvalue weighted by atomic mass is 9.87. The van der Waals surface area contributed by atoms with Crippen LogP contribution in [0, 0.1) is 12.8 Å². The Morgan fingerprint density at radius 3 is 2.67 bits per heavy atom. The van der Waals surface area contributed by atoms with Crippen LogP contribution in [0.5, 0.6) is 5.75 Å². The number of hydrogen-bond donors (Lipinski definition) is 2. The molecule has 1 saturated carbocycles. The number of methoxy groups -OCH3 is 1. The van der Waals surface area contributed by atoms with Gasteiger partial charge < -0.3 is 15.2 Å². The number of carbonyl (C=O) groups excluding carboxylic acids is 1. The SMILES string of the molecule is COc1c(NC(=O)c2cccc(C(C)(F)F)n2)cc2cn([C@H]3CC[C@H](CO)CC3)nc2c1C. The van der Waals surface area contributed by atoms with Gasteiger partial charge in [0, 0.05) is 30.7 Å². The van der Waals surface area contributed by atoms with Crippen LogP contribution in [-0.2, 0) is 5.92 Å². The Kier molecular flexibility index (Phi) is 6.34. The van der Waals surface area contributed by atoms with Crippen molar-refractivity contribution in [1.29, 1.82) is 0 Å². The standard InChI is InChI=1S/C24H28F2N4O3/c1-14-21-16(12-30(29-21)17-9-7-15(13-31)8-10-17)11-19(22(14)33-3)28-23(32)18-5-4-6-20(27-18)24(2,25)26/h4-6,11-12,15,17,31H,7-10,13H2,1-3H3,(H,28,32)/t15-,17-. The molecule has 2 heterocycles. The maximum Gasteiger partial charge on any atom is 0.287 e. The Bertz CT molecular complexity index is 1160. The summed E-state index contributed by atoms with van der Waals surface area (Å²) in [5, 5.41) is 17.8. The zero-order valence-electron chi connectivity index (χ0n) is 18.9. The Morgan fingerprint density at radius 2 is 2.03 bits per heavy atom. The van der Waals surface area contributed by atoms with Gasteiger partial charge in [0.05, 0.1) is 24.4 Å². The highest BCUT2D eigenvalue weighted by atomic mass is 19.3. The number of halogens is 2. The largest absolute Gasteiger partial charge is 0.494 e. The Balaban J connectivity index is 1.63. The first-order valence-corrected chi connectivity index (χ1v) is 11.0. The molecule has 0 saturated heterocycles. The van der Waals surface area contributed by atoms with Crippen molar-refractivity contribution in [3.05, 3.63) is 47.4 Å². The number of rotatable bonds is 6. The summed E-state index contributed by atoms with van der Waals surface area (Å²) in [5.41, 5.74) is 1.40. The van der Waals surface area contributed by atoms with Crippen LogP contribution in [0.3, 0.4) is 0 Å². The molecule has 1 aromatic carbocycles. The first-order valence-electron chi connectivity index (χ1n) is 11.0. The molecular weight excluding hydrogens is 430 g/mol. The van der Waals surface area contributed by atoms with Crippen LogP contribution in [0.2, 0.25) is 0 Å². The van der Waals surface area contributed by atoms with Gasteiger partial charge in [-0.2, -0.15) is 13.9 Å². The van der Waals surface area contributed by atoms with E-state index < -0.39 is 17.5 Å².